The summed E-state index contributed by atoms with van der Waals surface area (Å²) < 4.78 is 6.85. The van der Waals surface area contributed by atoms with Crippen LogP contribution in [0.1, 0.15) is 18.5 Å². The van der Waals surface area contributed by atoms with Gasteiger partial charge in [0.25, 0.3) is 5.69 Å². The second kappa shape index (κ2) is 6.55. The molecule has 0 aliphatic carbocycles. The third-order valence-corrected chi connectivity index (χ3v) is 3.99. The largest absolute Gasteiger partial charge is 0.455 e. The van der Waals surface area contributed by atoms with Crippen LogP contribution in [0.25, 0.3) is 0 Å². The fourth-order valence-electron chi connectivity index (χ4n) is 1.81. The van der Waals surface area contributed by atoms with Crippen molar-refractivity contribution in [3.63, 3.8) is 0 Å². The summed E-state index contributed by atoms with van der Waals surface area (Å²) in [6, 6.07) is 10.0. The van der Waals surface area contributed by atoms with E-state index in [9.17, 15) is 10.1 Å². The lowest BCUT2D eigenvalue weighted by molar-refractivity contribution is -0.385. The maximum Gasteiger partial charge on any atom is 0.271 e. The van der Waals surface area contributed by atoms with Crippen molar-refractivity contribution in [1.82, 2.24) is 0 Å². The summed E-state index contributed by atoms with van der Waals surface area (Å²) in [7, 11) is 0. The molecule has 2 N–H and O–H groups in total. The Balaban J connectivity index is 2.43. The van der Waals surface area contributed by atoms with Gasteiger partial charge in [-0.1, -0.05) is 18.2 Å². The molecule has 21 heavy (non-hydrogen) atoms. The van der Waals surface area contributed by atoms with Gasteiger partial charge in [-0.05, 0) is 44.8 Å². The predicted octanol–water partition coefficient (Wildman–Crippen LogP) is 4.93. The summed E-state index contributed by atoms with van der Waals surface area (Å²) in [6.07, 6.45) is 0. The van der Waals surface area contributed by atoms with Crippen molar-refractivity contribution in [3.8, 4) is 11.5 Å². The zero-order valence-electron chi connectivity index (χ0n) is 11.0. The Morgan fingerprint density at radius 2 is 1.81 bits per heavy atom. The lowest BCUT2D eigenvalue weighted by atomic mass is 10.1. The molecule has 2 rings (SSSR count). The van der Waals surface area contributed by atoms with Crippen LogP contribution in [0.3, 0.4) is 0 Å². The third-order valence-electron chi connectivity index (χ3n) is 2.82. The molecule has 5 nitrogen and oxygen atoms in total. The molecule has 110 valence electrons. The number of nitro benzene ring substituents is 1. The number of hydrogen-bond donors (Lipinski definition) is 1. The lowest BCUT2D eigenvalue weighted by Crippen LogP contribution is -2.06. The van der Waals surface area contributed by atoms with Crippen molar-refractivity contribution >= 4 is 37.5 Å². The first kappa shape index (κ1) is 15.9. The van der Waals surface area contributed by atoms with Crippen LogP contribution in [0.15, 0.2) is 45.3 Å². The molecule has 0 amide bonds. The summed E-state index contributed by atoms with van der Waals surface area (Å²) in [6.45, 7) is 1.86. The molecule has 0 spiro atoms. The van der Waals surface area contributed by atoms with Crippen LogP contribution in [0.2, 0.25) is 0 Å². The highest BCUT2D eigenvalue weighted by molar-refractivity contribution is 9.11. The van der Waals surface area contributed by atoms with E-state index in [0.29, 0.717) is 20.4 Å². The Morgan fingerprint density at radius 3 is 2.33 bits per heavy atom. The van der Waals surface area contributed by atoms with Gasteiger partial charge in [0, 0.05) is 23.7 Å². The van der Waals surface area contributed by atoms with E-state index in [1.54, 1.807) is 6.07 Å². The van der Waals surface area contributed by atoms with Gasteiger partial charge in [-0.3, -0.25) is 10.1 Å². The first-order valence-electron chi connectivity index (χ1n) is 6.06. The van der Waals surface area contributed by atoms with Crippen LogP contribution in [-0.2, 0) is 0 Å². The number of ether oxygens (including phenoxy) is 1. The van der Waals surface area contributed by atoms with Crippen molar-refractivity contribution < 1.29 is 9.66 Å². The van der Waals surface area contributed by atoms with E-state index in [0.717, 1.165) is 5.56 Å². The van der Waals surface area contributed by atoms with Crippen LogP contribution < -0.4 is 10.5 Å². The summed E-state index contributed by atoms with van der Waals surface area (Å²) in [4.78, 5) is 10.4. The number of hydrogen-bond acceptors (Lipinski definition) is 4. The maximum absolute atomic E-state index is 10.8. The Hall–Kier alpha value is -1.44. The third kappa shape index (κ3) is 3.61. The maximum atomic E-state index is 10.8. The molecule has 2 aromatic rings. The Morgan fingerprint density at radius 1 is 1.24 bits per heavy atom. The van der Waals surface area contributed by atoms with E-state index in [4.69, 9.17) is 10.5 Å². The van der Waals surface area contributed by atoms with Gasteiger partial charge in [0.1, 0.15) is 5.75 Å². The van der Waals surface area contributed by atoms with Crippen molar-refractivity contribution in [2.75, 3.05) is 0 Å². The number of nitro groups is 1. The van der Waals surface area contributed by atoms with E-state index in [1.807, 2.05) is 25.1 Å². The van der Waals surface area contributed by atoms with Crippen LogP contribution >= 0.6 is 31.9 Å². The minimum absolute atomic E-state index is 0.0263. The quantitative estimate of drug-likeness (QED) is 0.567. The molecule has 0 saturated heterocycles. The van der Waals surface area contributed by atoms with E-state index in [-0.39, 0.29) is 11.7 Å². The van der Waals surface area contributed by atoms with Crippen LogP contribution in [0.5, 0.6) is 11.5 Å². The fourth-order valence-corrected chi connectivity index (χ4v) is 3.13. The molecule has 0 aliphatic rings. The molecule has 0 fully saturated rings. The van der Waals surface area contributed by atoms with Crippen molar-refractivity contribution in [2.24, 2.45) is 5.73 Å². The number of para-hydroxylation sites is 1. The fraction of sp³-hybridized carbons (Fsp3) is 0.143. The molecule has 0 aliphatic heterocycles. The Kier molecular flexibility index (Phi) is 4.97. The molecule has 0 aromatic heterocycles. The number of halogens is 2. The summed E-state index contributed by atoms with van der Waals surface area (Å²) in [5.74, 6) is 1.08. The Bertz CT molecular complexity index is 667. The van der Waals surface area contributed by atoms with Gasteiger partial charge in [-0.2, -0.15) is 0 Å². The number of nitrogens with zero attached hydrogens (tertiary/aromatic N) is 1. The van der Waals surface area contributed by atoms with Gasteiger partial charge >= 0.3 is 0 Å². The summed E-state index contributed by atoms with van der Waals surface area (Å²) in [5.41, 5.74) is 6.75. The highest BCUT2D eigenvalue weighted by Gasteiger charge is 2.17. The Labute approximate surface area is 138 Å². The number of rotatable bonds is 4. The average molecular weight is 416 g/mol. The highest BCUT2D eigenvalue weighted by Crippen LogP contribution is 2.41. The zero-order chi connectivity index (χ0) is 15.6. The summed E-state index contributed by atoms with van der Waals surface area (Å²) >= 11 is 6.59. The normalized spacial score (nSPS) is 12.0. The van der Waals surface area contributed by atoms with Crippen LogP contribution in [0.4, 0.5) is 5.69 Å². The van der Waals surface area contributed by atoms with Crippen LogP contribution in [-0.4, -0.2) is 4.92 Å². The number of benzene rings is 2. The molecular formula is C14H12Br2N2O3. The van der Waals surface area contributed by atoms with Crippen LogP contribution in [0, 0.1) is 10.1 Å². The van der Waals surface area contributed by atoms with Gasteiger partial charge in [0.05, 0.1) is 13.9 Å². The molecule has 0 unspecified atom stereocenters. The number of nitrogens with two attached hydrogens (primary N) is 1. The topological polar surface area (TPSA) is 78.4 Å². The molecule has 0 bridgehead atoms. The first-order valence-corrected chi connectivity index (χ1v) is 7.64. The van der Waals surface area contributed by atoms with Gasteiger partial charge in [-0.25, -0.2) is 0 Å². The minimum atomic E-state index is -0.463. The predicted molar refractivity (Wildman–Crippen MR) is 87.6 cm³/mol. The lowest BCUT2D eigenvalue weighted by Gasteiger charge is -2.15. The van der Waals surface area contributed by atoms with Crippen molar-refractivity contribution in [3.05, 3.63) is 61.0 Å². The SMILES string of the molecule is C[C@@H](N)c1ccccc1Oc1c(Br)cc([N+](=O)[O-])cc1Br. The van der Waals surface area contributed by atoms with Gasteiger partial charge in [0.2, 0.25) is 0 Å². The monoisotopic (exact) mass is 414 g/mol. The van der Waals surface area contributed by atoms with E-state index >= 15 is 0 Å². The summed E-state index contributed by atoms with van der Waals surface area (Å²) in [5, 5.41) is 10.8. The van der Waals surface area contributed by atoms with E-state index < -0.39 is 4.92 Å². The highest BCUT2D eigenvalue weighted by atomic mass is 79.9. The van der Waals surface area contributed by atoms with E-state index in [2.05, 4.69) is 31.9 Å². The number of non-ortho nitro benzene ring substituents is 1. The molecule has 2 aromatic carbocycles. The smallest absolute Gasteiger partial charge is 0.271 e. The molecule has 0 radical (unpaired) electrons. The second-order valence-corrected chi connectivity index (χ2v) is 6.13. The first-order chi connectivity index (χ1) is 9.90. The molecule has 0 heterocycles. The van der Waals surface area contributed by atoms with Gasteiger partial charge < -0.3 is 10.5 Å². The second-order valence-electron chi connectivity index (χ2n) is 4.42. The van der Waals surface area contributed by atoms with E-state index in [1.165, 1.54) is 12.1 Å². The molecule has 7 heteroatoms. The van der Waals surface area contributed by atoms with Crippen molar-refractivity contribution in [1.29, 1.82) is 0 Å². The van der Waals surface area contributed by atoms with Gasteiger partial charge in [0.15, 0.2) is 5.75 Å². The van der Waals surface area contributed by atoms with Gasteiger partial charge in [-0.15, -0.1) is 0 Å². The zero-order valence-corrected chi connectivity index (χ0v) is 14.2. The molecular weight excluding hydrogens is 404 g/mol. The molecule has 0 saturated carbocycles. The standard InChI is InChI=1S/C14H12Br2N2O3/c1-8(17)10-4-2-3-5-13(10)21-14-11(15)6-9(18(19)20)7-12(14)16/h2-8H,17H2,1H3/t8-/m1/s1. The minimum Gasteiger partial charge on any atom is -0.455 e. The average Bonchev–Trinajstić information content (AvgIpc) is 2.42. The van der Waals surface area contributed by atoms with Crippen molar-refractivity contribution in [2.45, 2.75) is 13.0 Å². The molecule has 1 atom stereocenters.